The summed E-state index contributed by atoms with van der Waals surface area (Å²) in [5.74, 6) is 0. The number of nitrogens with two attached hydrogens (primary N) is 1. The van der Waals surface area contributed by atoms with E-state index in [0.29, 0.717) is 10.3 Å². The first-order valence-corrected chi connectivity index (χ1v) is 7.23. The second-order valence-corrected chi connectivity index (χ2v) is 6.08. The van der Waals surface area contributed by atoms with Crippen LogP contribution in [-0.4, -0.2) is 24.1 Å². The first-order chi connectivity index (χ1) is 9.54. The lowest BCUT2D eigenvalue weighted by molar-refractivity contribution is 1.11. The van der Waals surface area contributed by atoms with Crippen molar-refractivity contribution < 1.29 is 0 Å². The summed E-state index contributed by atoms with van der Waals surface area (Å²) in [7, 11) is 3.89. The van der Waals surface area contributed by atoms with Crippen LogP contribution in [0.5, 0.6) is 0 Å². The largest absolute Gasteiger partial charge is 0.375 e. The molecule has 0 spiro atoms. The van der Waals surface area contributed by atoms with Gasteiger partial charge in [0.05, 0.1) is 15.9 Å². The molecule has 0 amide bonds. The predicted molar refractivity (Wildman–Crippen MR) is 86.6 cm³/mol. The Kier molecular flexibility index (Phi) is 3.23. The quantitative estimate of drug-likeness (QED) is 0.734. The number of nitrogens with zero attached hydrogens (tertiary/aromatic N) is 3. The predicted octanol–water partition coefficient (Wildman–Crippen LogP) is 3.66. The number of rotatable bonds is 2. The van der Waals surface area contributed by atoms with E-state index in [1.54, 1.807) is 6.20 Å². The van der Waals surface area contributed by atoms with E-state index in [1.165, 1.54) is 11.3 Å². The molecule has 0 saturated carbocycles. The first-order valence-electron chi connectivity index (χ1n) is 6.04. The summed E-state index contributed by atoms with van der Waals surface area (Å²) in [6.07, 6.45) is 1.78. The normalized spacial score (nSPS) is 10.9. The average molecular weight is 305 g/mol. The van der Waals surface area contributed by atoms with E-state index in [9.17, 15) is 0 Å². The summed E-state index contributed by atoms with van der Waals surface area (Å²) >= 11 is 7.58. The number of pyridine rings is 1. The second kappa shape index (κ2) is 4.92. The van der Waals surface area contributed by atoms with Crippen LogP contribution in [-0.2, 0) is 0 Å². The van der Waals surface area contributed by atoms with Gasteiger partial charge in [0.25, 0.3) is 0 Å². The molecule has 0 aliphatic carbocycles. The number of anilines is 2. The molecule has 2 aromatic heterocycles. The van der Waals surface area contributed by atoms with Crippen LogP contribution in [0.3, 0.4) is 0 Å². The standard InChI is InChI=1S/C14H13ClN4S/c1-19(2)11-5-9(7-17-13(11)15)8-3-4-10-12(6-8)20-14(16)18-10/h3-7H,1-2H3,(H2,16,18). The third-order valence-electron chi connectivity index (χ3n) is 3.04. The smallest absolute Gasteiger partial charge is 0.181 e. The van der Waals surface area contributed by atoms with Crippen LogP contribution in [0.2, 0.25) is 5.15 Å². The van der Waals surface area contributed by atoms with Crippen LogP contribution < -0.4 is 10.6 Å². The van der Waals surface area contributed by atoms with Crippen molar-refractivity contribution in [1.82, 2.24) is 9.97 Å². The number of nitrogen functional groups attached to an aromatic ring is 1. The summed E-state index contributed by atoms with van der Waals surface area (Å²) in [5, 5.41) is 1.09. The molecule has 2 N–H and O–H groups in total. The molecule has 0 aliphatic heterocycles. The molecular formula is C14H13ClN4S. The van der Waals surface area contributed by atoms with Crippen molar-refractivity contribution in [2.24, 2.45) is 0 Å². The summed E-state index contributed by atoms with van der Waals surface area (Å²) in [6.45, 7) is 0. The molecule has 0 saturated heterocycles. The number of halogens is 1. The van der Waals surface area contributed by atoms with Crippen LogP contribution >= 0.6 is 22.9 Å². The molecule has 6 heteroatoms. The maximum atomic E-state index is 6.10. The molecule has 1 aromatic carbocycles. The van der Waals surface area contributed by atoms with Gasteiger partial charge < -0.3 is 10.6 Å². The van der Waals surface area contributed by atoms with Crippen LogP contribution in [0.4, 0.5) is 10.8 Å². The minimum absolute atomic E-state index is 0.502. The lowest BCUT2D eigenvalue weighted by atomic mass is 10.1. The SMILES string of the molecule is CN(C)c1cc(-c2ccc3nc(N)sc3c2)cnc1Cl. The van der Waals surface area contributed by atoms with Crippen LogP contribution in [0.1, 0.15) is 0 Å². The highest BCUT2D eigenvalue weighted by Crippen LogP contribution is 2.32. The minimum atomic E-state index is 0.502. The van der Waals surface area contributed by atoms with Gasteiger partial charge in [0.2, 0.25) is 0 Å². The van der Waals surface area contributed by atoms with E-state index < -0.39 is 0 Å². The molecule has 2 heterocycles. The average Bonchev–Trinajstić information content (AvgIpc) is 2.78. The molecule has 102 valence electrons. The Labute approximate surface area is 125 Å². The summed E-state index contributed by atoms with van der Waals surface area (Å²) < 4.78 is 1.07. The zero-order valence-electron chi connectivity index (χ0n) is 11.1. The zero-order chi connectivity index (χ0) is 14.3. The van der Waals surface area contributed by atoms with E-state index in [1.807, 2.05) is 37.2 Å². The van der Waals surface area contributed by atoms with E-state index in [-0.39, 0.29) is 0 Å². The number of aromatic nitrogens is 2. The van der Waals surface area contributed by atoms with Crippen LogP contribution in [0.15, 0.2) is 30.5 Å². The fourth-order valence-electron chi connectivity index (χ4n) is 2.03. The minimum Gasteiger partial charge on any atom is -0.375 e. The van der Waals surface area contributed by atoms with Gasteiger partial charge in [-0.2, -0.15) is 0 Å². The Hall–Kier alpha value is -1.85. The van der Waals surface area contributed by atoms with Crippen molar-refractivity contribution in [3.05, 3.63) is 35.6 Å². The summed E-state index contributed by atoms with van der Waals surface area (Å²) in [6, 6.07) is 8.10. The molecular weight excluding hydrogens is 292 g/mol. The molecule has 0 aliphatic rings. The molecule has 0 unspecified atom stereocenters. The molecule has 0 radical (unpaired) electrons. The van der Waals surface area contributed by atoms with Crippen molar-refractivity contribution in [3.63, 3.8) is 0 Å². The van der Waals surface area contributed by atoms with E-state index in [2.05, 4.69) is 16.0 Å². The highest BCUT2D eigenvalue weighted by atomic mass is 35.5. The zero-order valence-corrected chi connectivity index (χ0v) is 12.7. The number of thiazole rings is 1. The van der Waals surface area contributed by atoms with Gasteiger partial charge in [-0.15, -0.1) is 0 Å². The van der Waals surface area contributed by atoms with Crippen molar-refractivity contribution in [1.29, 1.82) is 0 Å². The summed E-state index contributed by atoms with van der Waals surface area (Å²) in [5.41, 5.74) is 9.65. The van der Waals surface area contributed by atoms with E-state index in [0.717, 1.165) is 27.0 Å². The van der Waals surface area contributed by atoms with E-state index in [4.69, 9.17) is 17.3 Å². The van der Waals surface area contributed by atoms with Gasteiger partial charge in [0.15, 0.2) is 10.3 Å². The second-order valence-electron chi connectivity index (χ2n) is 4.66. The molecule has 4 nitrogen and oxygen atoms in total. The molecule has 0 atom stereocenters. The number of hydrogen-bond acceptors (Lipinski definition) is 5. The topological polar surface area (TPSA) is 55.0 Å². The van der Waals surface area contributed by atoms with Gasteiger partial charge in [-0.3, -0.25) is 0 Å². The van der Waals surface area contributed by atoms with Gasteiger partial charge in [-0.25, -0.2) is 9.97 Å². The van der Waals surface area contributed by atoms with Crippen LogP contribution in [0, 0.1) is 0 Å². The Balaban J connectivity index is 2.12. The summed E-state index contributed by atoms with van der Waals surface area (Å²) in [4.78, 5) is 10.5. The Bertz CT molecular complexity index is 782. The van der Waals surface area contributed by atoms with Gasteiger partial charge in [-0.05, 0) is 23.8 Å². The Morgan fingerprint density at radius 1 is 1.20 bits per heavy atom. The van der Waals surface area contributed by atoms with Crippen LogP contribution in [0.25, 0.3) is 21.3 Å². The Morgan fingerprint density at radius 3 is 2.75 bits per heavy atom. The fourth-order valence-corrected chi connectivity index (χ4v) is 3.08. The first kappa shape index (κ1) is 13.1. The van der Waals surface area contributed by atoms with Crippen molar-refractivity contribution in [3.8, 4) is 11.1 Å². The molecule has 0 fully saturated rings. The molecule has 3 aromatic rings. The third-order valence-corrected chi connectivity index (χ3v) is 4.18. The molecule has 0 bridgehead atoms. The van der Waals surface area contributed by atoms with E-state index >= 15 is 0 Å². The van der Waals surface area contributed by atoms with Gasteiger partial charge in [0.1, 0.15) is 0 Å². The van der Waals surface area contributed by atoms with Crippen molar-refractivity contribution in [2.75, 3.05) is 24.7 Å². The maximum Gasteiger partial charge on any atom is 0.181 e. The van der Waals surface area contributed by atoms with Gasteiger partial charge in [-0.1, -0.05) is 29.0 Å². The maximum absolute atomic E-state index is 6.10. The lowest BCUT2D eigenvalue weighted by Crippen LogP contribution is -2.09. The van der Waals surface area contributed by atoms with Gasteiger partial charge >= 0.3 is 0 Å². The highest BCUT2D eigenvalue weighted by Gasteiger charge is 2.09. The van der Waals surface area contributed by atoms with Crippen molar-refractivity contribution >= 4 is 44.0 Å². The van der Waals surface area contributed by atoms with Gasteiger partial charge in [0, 0.05) is 25.9 Å². The lowest BCUT2D eigenvalue weighted by Gasteiger charge is -2.14. The fraction of sp³-hybridized carbons (Fsp3) is 0.143. The number of fused-ring (bicyclic) bond motifs is 1. The third kappa shape index (κ3) is 2.30. The highest BCUT2D eigenvalue weighted by molar-refractivity contribution is 7.22. The van der Waals surface area contributed by atoms with Crippen molar-refractivity contribution in [2.45, 2.75) is 0 Å². The molecule has 3 rings (SSSR count). The number of benzene rings is 1. The number of hydrogen-bond donors (Lipinski definition) is 1. The Morgan fingerprint density at radius 2 is 2.00 bits per heavy atom. The monoisotopic (exact) mass is 304 g/mol. The molecule has 20 heavy (non-hydrogen) atoms.